The Morgan fingerprint density at radius 1 is 1.36 bits per heavy atom. The highest BCUT2D eigenvalue weighted by molar-refractivity contribution is 5.45. The third-order valence-corrected chi connectivity index (χ3v) is 1.36. The largest absolute Gasteiger partial charge is 0.497 e. The Hall–Kier alpha value is -1.25. The molecule has 1 aromatic carbocycles. The van der Waals surface area contributed by atoms with E-state index >= 15 is 0 Å². The molecule has 60 valence electrons. The van der Waals surface area contributed by atoms with Gasteiger partial charge in [-0.25, -0.2) is 4.39 Å². The van der Waals surface area contributed by atoms with Gasteiger partial charge in [-0.15, -0.1) is 0 Å². The summed E-state index contributed by atoms with van der Waals surface area (Å²) in [5.41, 5.74) is 0.758. The lowest BCUT2D eigenvalue weighted by Crippen LogP contribution is -1.94. The second-order valence-electron chi connectivity index (χ2n) is 2.04. The van der Waals surface area contributed by atoms with Crippen LogP contribution in [0.3, 0.4) is 0 Å². The molecular weight excluding hydrogens is 145 g/mol. The summed E-state index contributed by atoms with van der Waals surface area (Å²) in [4.78, 5) is 0. The topological polar surface area (TPSA) is 21.3 Å². The van der Waals surface area contributed by atoms with Gasteiger partial charge in [0.1, 0.15) is 5.75 Å². The van der Waals surface area contributed by atoms with Gasteiger partial charge in [-0.1, -0.05) is 0 Å². The molecule has 0 saturated carbocycles. The van der Waals surface area contributed by atoms with Gasteiger partial charge in [0.2, 0.25) is 0 Å². The fraction of sp³-hybridized carbons (Fsp3) is 0.250. The first-order chi connectivity index (χ1) is 5.36. The summed E-state index contributed by atoms with van der Waals surface area (Å²) in [5, 5.41) is 2.54. The lowest BCUT2D eigenvalue weighted by Gasteiger charge is -2.02. The summed E-state index contributed by atoms with van der Waals surface area (Å²) in [6, 6.07) is 7.08. The molecule has 0 heterocycles. The maximum Gasteiger partial charge on any atom is 0.159 e. The van der Waals surface area contributed by atoms with Crippen LogP contribution in [0.2, 0.25) is 0 Å². The monoisotopic (exact) mass is 155 g/mol. The first-order valence-corrected chi connectivity index (χ1v) is 3.30. The van der Waals surface area contributed by atoms with Gasteiger partial charge in [0, 0.05) is 5.69 Å². The predicted molar refractivity (Wildman–Crippen MR) is 42.6 cm³/mol. The number of hydrogen-bond acceptors (Lipinski definition) is 2. The van der Waals surface area contributed by atoms with Crippen LogP contribution in [0, 0.1) is 0 Å². The van der Waals surface area contributed by atoms with Crippen LogP contribution in [-0.4, -0.2) is 13.9 Å². The minimum Gasteiger partial charge on any atom is -0.497 e. The lowest BCUT2D eigenvalue weighted by molar-refractivity contribution is 0.415. The maximum atomic E-state index is 11.7. The average Bonchev–Trinajstić information content (AvgIpc) is 2.07. The number of anilines is 1. The molecule has 3 heteroatoms. The summed E-state index contributed by atoms with van der Waals surface area (Å²) in [6.45, 7) is -0.549. The van der Waals surface area contributed by atoms with Crippen molar-refractivity contribution in [2.24, 2.45) is 0 Å². The second-order valence-corrected chi connectivity index (χ2v) is 2.04. The molecule has 0 aliphatic rings. The molecule has 0 saturated heterocycles. The van der Waals surface area contributed by atoms with Crippen LogP contribution in [0.5, 0.6) is 5.75 Å². The van der Waals surface area contributed by atoms with Crippen LogP contribution in [0.25, 0.3) is 0 Å². The molecule has 0 aromatic heterocycles. The Kier molecular flexibility index (Phi) is 2.72. The molecule has 11 heavy (non-hydrogen) atoms. The normalized spacial score (nSPS) is 9.27. The van der Waals surface area contributed by atoms with Crippen LogP contribution in [0.4, 0.5) is 10.1 Å². The van der Waals surface area contributed by atoms with Crippen molar-refractivity contribution >= 4 is 5.69 Å². The molecule has 1 N–H and O–H groups in total. The van der Waals surface area contributed by atoms with Crippen molar-refractivity contribution in [2.45, 2.75) is 0 Å². The highest BCUT2D eigenvalue weighted by Crippen LogP contribution is 2.14. The molecule has 0 unspecified atom stereocenters. The van der Waals surface area contributed by atoms with E-state index in [0.29, 0.717) is 0 Å². The summed E-state index contributed by atoms with van der Waals surface area (Å²) in [5.74, 6) is 0.773. The predicted octanol–water partition coefficient (Wildman–Crippen LogP) is 2.03. The number of rotatable bonds is 3. The van der Waals surface area contributed by atoms with Crippen LogP contribution >= 0.6 is 0 Å². The van der Waals surface area contributed by atoms with Crippen molar-refractivity contribution in [3.63, 3.8) is 0 Å². The van der Waals surface area contributed by atoms with Gasteiger partial charge < -0.3 is 10.1 Å². The van der Waals surface area contributed by atoms with E-state index in [1.165, 1.54) is 0 Å². The summed E-state index contributed by atoms with van der Waals surface area (Å²) in [7, 11) is 1.59. The van der Waals surface area contributed by atoms with Crippen molar-refractivity contribution in [1.82, 2.24) is 0 Å². The Morgan fingerprint density at radius 2 is 2.00 bits per heavy atom. The lowest BCUT2D eigenvalue weighted by atomic mass is 10.3. The van der Waals surface area contributed by atoms with E-state index in [1.54, 1.807) is 31.4 Å². The molecular formula is C8H10FNO. The van der Waals surface area contributed by atoms with Crippen molar-refractivity contribution in [2.75, 3.05) is 19.2 Å². The van der Waals surface area contributed by atoms with Gasteiger partial charge in [0.25, 0.3) is 0 Å². The van der Waals surface area contributed by atoms with E-state index < -0.39 is 6.80 Å². The number of halogens is 1. The van der Waals surface area contributed by atoms with Crippen molar-refractivity contribution in [1.29, 1.82) is 0 Å². The zero-order chi connectivity index (χ0) is 8.10. The van der Waals surface area contributed by atoms with Crippen LogP contribution in [-0.2, 0) is 0 Å². The molecule has 0 radical (unpaired) electrons. The molecule has 0 aliphatic carbocycles. The standard InChI is InChI=1S/C8H10FNO/c1-11-8-4-2-7(3-5-8)10-6-9/h2-5,10H,6H2,1H3. The highest BCUT2D eigenvalue weighted by Gasteiger charge is 1.90. The summed E-state index contributed by atoms with van der Waals surface area (Å²) < 4.78 is 16.6. The van der Waals surface area contributed by atoms with Gasteiger partial charge >= 0.3 is 0 Å². The molecule has 0 fully saturated rings. The smallest absolute Gasteiger partial charge is 0.159 e. The maximum absolute atomic E-state index is 11.7. The van der Waals surface area contributed by atoms with E-state index in [4.69, 9.17) is 4.74 Å². The summed E-state index contributed by atoms with van der Waals surface area (Å²) >= 11 is 0. The molecule has 0 bridgehead atoms. The van der Waals surface area contributed by atoms with Gasteiger partial charge in [0.15, 0.2) is 6.80 Å². The van der Waals surface area contributed by atoms with Gasteiger partial charge in [-0.2, -0.15) is 0 Å². The van der Waals surface area contributed by atoms with Gasteiger partial charge in [-0.3, -0.25) is 0 Å². The van der Waals surface area contributed by atoms with Crippen molar-refractivity contribution in [3.8, 4) is 5.75 Å². The first kappa shape index (κ1) is 7.85. The Balaban J connectivity index is 2.66. The zero-order valence-corrected chi connectivity index (χ0v) is 6.30. The number of benzene rings is 1. The van der Waals surface area contributed by atoms with E-state index in [1.807, 2.05) is 0 Å². The van der Waals surface area contributed by atoms with Crippen LogP contribution < -0.4 is 10.1 Å². The third kappa shape index (κ3) is 2.11. The second kappa shape index (κ2) is 3.81. The van der Waals surface area contributed by atoms with Crippen LogP contribution in [0.1, 0.15) is 0 Å². The Morgan fingerprint density at radius 3 is 2.45 bits per heavy atom. The number of alkyl halides is 1. The molecule has 2 nitrogen and oxygen atoms in total. The van der Waals surface area contributed by atoms with Crippen molar-refractivity contribution in [3.05, 3.63) is 24.3 Å². The number of ether oxygens (including phenoxy) is 1. The number of hydrogen-bond donors (Lipinski definition) is 1. The van der Waals surface area contributed by atoms with E-state index in [9.17, 15) is 4.39 Å². The van der Waals surface area contributed by atoms with Gasteiger partial charge in [-0.05, 0) is 24.3 Å². The number of nitrogens with one attached hydrogen (secondary N) is 1. The summed E-state index contributed by atoms with van der Waals surface area (Å²) in [6.07, 6.45) is 0. The number of methoxy groups -OCH3 is 1. The Labute approximate surface area is 65.0 Å². The molecule has 1 aromatic rings. The SMILES string of the molecule is COc1ccc(NCF)cc1. The quantitative estimate of drug-likeness (QED) is 0.674. The molecule has 0 amide bonds. The molecule has 0 spiro atoms. The minimum atomic E-state index is -0.549. The van der Waals surface area contributed by atoms with E-state index in [-0.39, 0.29) is 0 Å². The minimum absolute atomic E-state index is 0.549. The fourth-order valence-corrected chi connectivity index (χ4v) is 0.786. The third-order valence-electron chi connectivity index (χ3n) is 1.36. The van der Waals surface area contributed by atoms with E-state index in [0.717, 1.165) is 11.4 Å². The molecule has 0 atom stereocenters. The average molecular weight is 155 g/mol. The van der Waals surface area contributed by atoms with E-state index in [2.05, 4.69) is 5.32 Å². The first-order valence-electron chi connectivity index (χ1n) is 3.30. The zero-order valence-electron chi connectivity index (χ0n) is 6.30. The Bertz CT molecular complexity index is 210. The fourth-order valence-electron chi connectivity index (χ4n) is 0.786. The molecule has 0 aliphatic heterocycles. The van der Waals surface area contributed by atoms with Crippen molar-refractivity contribution < 1.29 is 9.13 Å². The van der Waals surface area contributed by atoms with Crippen LogP contribution in [0.15, 0.2) is 24.3 Å². The van der Waals surface area contributed by atoms with Gasteiger partial charge in [0.05, 0.1) is 7.11 Å². The highest BCUT2D eigenvalue weighted by atomic mass is 19.1. The molecule has 1 rings (SSSR count).